The average molecular weight is 396 g/mol. The van der Waals surface area contributed by atoms with Crippen molar-refractivity contribution < 1.29 is 31.1 Å². The molecular weight excluding hydrogens is 393 g/mol. The molecule has 3 nitrogen and oxygen atoms in total. The monoisotopic (exact) mass is 396 g/mol. The third-order valence-electron chi connectivity index (χ3n) is 1.78. The molecule has 0 aliphatic rings. The molecule has 0 amide bonds. The van der Waals surface area contributed by atoms with Crippen molar-refractivity contribution in [3.05, 3.63) is 21.0 Å². The number of aromatic nitrogens is 1. The second kappa shape index (κ2) is 5.40. The van der Waals surface area contributed by atoms with Gasteiger partial charge < -0.3 is 4.74 Å². The third kappa shape index (κ3) is 4.41. The van der Waals surface area contributed by atoms with Crippen molar-refractivity contribution in [1.82, 2.24) is 4.98 Å². The minimum absolute atomic E-state index is 0.0738. The number of rotatable bonds is 2. The molecule has 104 valence electrons. The first kappa shape index (κ1) is 15.8. The molecule has 0 spiro atoms. The summed E-state index contributed by atoms with van der Waals surface area (Å²) < 4.78 is 76.9. The largest absolute Gasteiger partial charge is 0.573 e. The number of nitriles is 1. The Bertz CT molecular complexity index is 519. The van der Waals surface area contributed by atoms with E-state index < -0.39 is 24.0 Å². The standard InChI is InChI=1S/C9H3F6IN2O/c10-8(11,12)6-5(19-9(13,14)15)3-4(1-2-17)7(16)18-6/h3H,1H2. The molecule has 0 saturated heterocycles. The van der Waals surface area contributed by atoms with E-state index in [0.29, 0.717) is 6.07 Å². The predicted octanol–water partition coefficient (Wildman–Crippen LogP) is 3.67. The van der Waals surface area contributed by atoms with E-state index in [1.54, 1.807) is 6.07 Å². The van der Waals surface area contributed by atoms with Gasteiger partial charge in [-0.1, -0.05) is 0 Å². The van der Waals surface area contributed by atoms with Crippen molar-refractivity contribution in [2.24, 2.45) is 0 Å². The molecule has 0 unspecified atom stereocenters. The fraction of sp³-hybridized carbons (Fsp3) is 0.333. The number of hydrogen-bond acceptors (Lipinski definition) is 3. The van der Waals surface area contributed by atoms with Crippen LogP contribution in [0.25, 0.3) is 0 Å². The van der Waals surface area contributed by atoms with Crippen molar-refractivity contribution in [3.63, 3.8) is 0 Å². The topological polar surface area (TPSA) is 45.9 Å². The van der Waals surface area contributed by atoms with E-state index in [2.05, 4.69) is 9.72 Å². The molecule has 0 aliphatic heterocycles. The Morgan fingerprint density at radius 1 is 1.26 bits per heavy atom. The maximum absolute atomic E-state index is 12.5. The van der Waals surface area contributed by atoms with Crippen LogP contribution in [0.1, 0.15) is 11.3 Å². The van der Waals surface area contributed by atoms with Crippen molar-refractivity contribution >= 4 is 22.6 Å². The Kier molecular flexibility index (Phi) is 4.49. The highest BCUT2D eigenvalue weighted by molar-refractivity contribution is 14.1. The van der Waals surface area contributed by atoms with Gasteiger partial charge in [-0.2, -0.15) is 18.4 Å². The van der Waals surface area contributed by atoms with E-state index in [-0.39, 0.29) is 15.7 Å². The van der Waals surface area contributed by atoms with Gasteiger partial charge in [-0.25, -0.2) is 4.98 Å². The lowest BCUT2D eigenvalue weighted by Crippen LogP contribution is -2.21. The summed E-state index contributed by atoms with van der Waals surface area (Å²) in [5.41, 5.74) is -1.86. The van der Waals surface area contributed by atoms with Crippen molar-refractivity contribution in [2.75, 3.05) is 0 Å². The summed E-state index contributed by atoms with van der Waals surface area (Å²) in [6.45, 7) is 0. The molecule has 1 heterocycles. The molecule has 0 aliphatic carbocycles. The predicted molar refractivity (Wildman–Crippen MR) is 58.0 cm³/mol. The highest BCUT2D eigenvalue weighted by Gasteiger charge is 2.41. The van der Waals surface area contributed by atoms with Gasteiger partial charge in [-0.05, 0) is 28.7 Å². The normalized spacial score (nSPS) is 12.1. The van der Waals surface area contributed by atoms with Gasteiger partial charge in [0.15, 0.2) is 11.4 Å². The van der Waals surface area contributed by atoms with Crippen LogP contribution in [0.3, 0.4) is 0 Å². The van der Waals surface area contributed by atoms with Gasteiger partial charge in [0.25, 0.3) is 0 Å². The molecule has 0 bridgehead atoms. The lowest BCUT2D eigenvalue weighted by Gasteiger charge is -2.16. The molecule has 0 N–H and O–H groups in total. The summed E-state index contributed by atoms with van der Waals surface area (Å²) in [6.07, 6.45) is -10.7. The van der Waals surface area contributed by atoms with Crippen molar-refractivity contribution in [1.29, 1.82) is 5.26 Å². The van der Waals surface area contributed by atoms with E-state index >= 15 is 0 Å². The van der Waals surface area contributed by atoms with E-state index in [0.717, 1.165) is 0 Å². The number of alkyl halides is 6. The second-order valence-corrected chi connectivity index (χ2v) is 4.19. The van der Waals surface area contributed by atoms with Crippen LogP contribution in [0.15, 0.2) is 6.07 Å². The van der Waals surface area contributed by atoms with E-state index in [9.17, 15) is 26.3 Å². The summed E-state index contributed by atoms with van der Waals surface area (Å²) in [7, 11) is 0. The highest BCUT2D eigenvalue weighted by atomic mass is 127. The van der Waals surface area contributed by atoms with Crippen LogP contribution in [0, 0.1) is 15.0 Å². The van der Waals surface area contributed by atoms with E-state index in [4.69, 9.17) is 5.26 Å². The molecule has 1 rings (SSSR count). The van der Waals surface area contributed by atoms with Crippen LogP contribution < -0.4 is 4.74 Å². The van der Waals surface area contributed by atoms with Gasteiger partial charge in [-0.15, -0.1) is 13.2 Å². The van der Waals surface area contributed by atoms with Crippen LogP contribution in [0.4, 0.5) is 26.3 Å². The molecule has 0 aromatic carbocycles. The van der Waals surface area contributed by atoms with Crippen molar-refractivity contribution in [3.8, 4) is 11.8 Å². The number of pyridine rings is 1. The Hall–Kier alpha value is -1.25. The highest BCUT2D eigenvalue weighted by Crippen LogP contribution is 2.38. The molecule has 19 heavy (non-hydrogen) atoms. The first-order valence-corrected chi connectivity index (χ1v) is 5.52. The van der Waals surface area contributed by atoms with Crippen LogP contribution in [0.2, 0.25) is 0 Å². The van der Waals surface area contributed by atoms with Gasteiger partial charge in [0.1, 0.15) is 3.70 Å². The van der Waals surface area contributed by atoms with E-state index in [1.807, 2.05) is 0 Å². The van der Waals surface area contributed by atoms with Crippen LogP contribution >= 0.6 is 22.6 Å². The Morgan fingerprint density at radius 3 is 2.26 bits per heavy atom. The molecule has 0 fully saturated rings. The average Bonchev–Trinajstić information content (AvgIpc) is 2.19. The molecule has 1 aromatic heterocycles. The molecule has 0 radical (unpaired) electrons. The minimum atomic E-state index is -5.28. The number of nitrogens with zero attached hydrogens (tertiary/aromatic N) is 2. The number of hydrogen-bond donors (Lipinski definition) is 0. The first-order chi connectivity index (χ1) is 8.54. The third-order valence-corrected chi connectivity index (χ3v) is 2.71. The minimum Gasteiger partial charge on any atom is -0.403 e. The number of halogens is 7. The van der Waals surface area contributed by atoms with Gasteiger partial charge >= 0.3 is 12.5 Å². The Balaban J connectivity index is 3.38. The van der Waals surface area contributed by atoms with Gasteiger partial charge in [0, 0.05) is 5.56 Å². The zero-order valence-corrected chi connectivity index (χ0v) is 10.9. The van der Waals surface area contributed by atoms with Crippen molar-refractivity contribution in [2.45, 2.75) is 19.0 Å². The summed E-state index contributed by atoms with van der Waals surface area (Å²) in [5, 5.41) is 8.43. The maximum Gasteiger partial charge on any atom is 0.573 e. The molecule has 10 heteroatoms. The molecular formula is C9H3F6IN2O. The summed E-state index contributed by atoms with van der Waals surface area (Å²) in [6, 6.07) is 2.13. The summed E-state index contributed by atoms with van der Waals surface area (Å²) in [5.74, 6) is -1.47. The summed E-state index contributed by atoms with van der Waals surface area (Å²) in [4.78, 5) is 3.03. The summed E-state index contributed by atoms with van der Waals surface area (Å²) >= 11 is 1.40. The van der Waals surface area contributed by atoms with Gasteiger partial charge in [0.05, 0.1) is 12.5 Å². The lowest BCUT2D eigenvalue weighted by atomic mass is 10.2. The van der Waals surface area contributed by atoms with Crippen LogP contribution in [-0.2, 0) is 12.6 Å². The maximum atomic E-state index is 12.5. The quantitative estimate of drug-likeness (QED) is 0.436. The fourth-order valence-electron chi connectivity index (χ4n) is 1.13. The smallest absolute Gasteiger partial charge is 0.403 e. The lowest BCUT2D eigenvalue weighted by molar-refractivity contribution is -0.276. The first-order valence-electron chi connectivity index (χ1n) is 4.44. The molecule has 0 saturated carbocycles. The SMILES string of the molecule is N#CCc1cc(OC(F)(F)F)c(C(F)(F)F)nc1I. The molecule has 1 aromatic rings. The van der Waals surface area contributed by atoms with Crippen LogP contribution in [0.5, 0.6) is 5.75 Å². The van der Waals surface area contributed by atoms with Gasteiger partial charge in [0.2, 0.25) is 0 Å². The zero-order valence-electron chi connectivity index (χ0n) is 8.73. The van der Waals surface area contributed by atoms with E-state index in [1.165, 1.54) is 22.6 Å². The fourth-order valence-corrected chi connectivity index (χ4v) is 1.71. The van der Waals surface area contributed by atoms with Gasteiger partial charge in [-0.3, -0.25) is 0 Å². The molecule has 0 atom stereocenters. The second-order valence-electron chi connectivity index (χ2n) is 3.17. The van der Waals surface area contributed by atoms with Crippen LogP contribution in [-0.4, -0.2) is 11.3 Å². The zero-order chi connectivity index (χ0) is 14.8. The Morgan fingerprint density at radius 2 is 1.84 bits per heavy atom. The number of ether oxygens (including phenoxy) is 1. The Labute approximate surface area is 116 Å².